The second-order valence-electron chi connectivity index (χ2n) is 3.12. The van der Waals surface area contributed by atoms with Gasteiger partial charge >= 0.3 is 0 Å². The number of sulfonamides is 1. The first-order valence-electron chi connectivity index (χ1n) is 4.46. The van der Waals surface area contributed by atoms with E-state index < -0.39 is 10.0 Å². The minimum absolute atomic E-state index is 0.113. The lowest BCUT2D eigenvalue weighted by atomic mass is 10.4. The number of hydrogen-bond donors (Lipinski definition) is 1. The van der Waals surface area contributed by atoms with Crippen molar-refractivity contribution in [2.24, 2.45) is 5.14 Å². The van der Waals surface area contributed by atoms with E-state index in [1.165, 1.54) is 6.20 Å². The van der Waals surface area contributed by atoms with Crippen LogP contribution in [0, 0.1) is 11.3 Å². The number of nitriles is 1. The molecule has 0 atom stereocenters. The van der Waals surface area contributed by atoms with Gasteiger partial charge in [0, 0.05) is 6.20 Å². The molecule has 17 heavy (non-hydrogen) atoms. The summed E-state index contributed by atoms with van der Waals surface area (Å²) in [5, 5.41) is 17.3. The maximum absolute atomic E-state index is 11.4. The third kappa shape index (κ3) is 2.01. The van der Waals surface area contributed by atoms with E-state index in [4.69, 9.17) is 10.4 Å². The van der Waals surface area contributed by atoms with Crippen molar-refractivity contribution in [3.05, 3.63) is 36.2 Å². The summed E-state index contributed by atoms with van der Waals surface area (Å²) in [5.41, 5.74) is -0.113. The van der Waals surface area contributed by atoms with Crippen LogP contribution in [-0.2, 0) is 10.0 Å². The molecule has 0 aliphatic heterocycles. The predicted octanol–water partition coefficient (Wildman–Crippen LogP) is -0.214. The first kappa shape index (κ1) is 11.3. The number of nitrogens with two attached hydrogens (primary N) is 1. The number of nitrogens with zero attached hydrogens (tertiary/aromatic N) is 4. The van der Waals surface area contributed by atoms with Crippen LogP contribution in [0.2, 0.25) is 0 Å². The van der Waals surface area contributed by atoms with Gasteiger partial charge in [-0.15, -0.1) is 0 Å². The van der Waals surface area contributed by atoms with Crippen molar-refractivity contribution in [2.75, 3.05) is 0 Å². The second-order valence-corrected chi connectivity index (χ2v) is 4.60. The standard InChI is InChI=1S/C9H7N5O2S/c10-5-7-6-13-14(9(7)17(11,15)16)8-3-1-2-4-12-8/h1-4,6H,(H2,11,15,16). The third-order valence-corrected chi connectivity index (χ3v) is 2.91. The van der Waals surface area contributed by atoms with Gasteiger partial charge in [-0.3, -0.25) is 0 Å². The Morgan fingerprint density at radius 2 is 2.18 bits per heavy atom. The molecule has 2 aromatic rings. The van der Waals surface area contributed by atoms with E-state index in [0.717, 1.165) is 10.9 Å². The monoisotopic (exact) mass is 249 g/mol. The van der Waals surface area contributed by atoms with Crippen LogP contribution >= 0.6 is 0 Å². The van der Waals surface area contributed by atoms with Gasteiger partial charge in [0.15, 0.2) is 10.8 Å². The average Bonchev–Trinajstić information content (AvgIpc) is 2.73. The van der Waals surface area contributed by atoms with E-state index in [9.17, 15) is 8.42 Å². The van der Waals surface area contributed by atoms with Crippen molar-refractivity contribution in [1.29, 1.82) is 5.26 Å². The summed E-state index contributed by atoms with van der Waals surface area (Å²) in [6.07, 6.45) is 2.62. The van der Waals surface area contributed by atoms with Crippen LogP contribution in [0.3, 0.4) is 0 Å². The van der Waals surface area contributed by atoms with Crippen LogP contribution in [-0.4, -0.2) is 23.2 Å². The highest BCUT2D eigenvalue weighted by atomic mass is 32.2. The van der Waals surface area contributed by atoms with Gasteiger partial charge in [0.1, 0.15) is 11.6 Å². The molecule has 7 nitrogen and oxygen atoms in total. The van der Waals surface area contributed by atoms with Gasteiger partial charge in [-0.2, -0.15) is 10.4 Å². The highest BCUT2D eigenvalue weighted by molar-refractivity contribution is 7.89. The van der Waals surface area contributed by atoms with Crippen LogP contribution in [0.25, 0.3) is 5.82 Å². The first-order chi connectivity index (χ1) is 8.04. The summed E-state index contributed by atoms with van der Waals surface area (Å²) in [6.45, 7) is 0. The zero-order valence-corrected chi connectivity index (χ0v) is 9.29. The van der Waals surface area contributed by atoms with E-state index in [1.54, 1.807) is 24.3 Å². The Balaban J connectivity index is 2.74. The molecule has 0 saturated carbocycles. The maximum Gasteiger partial charge on any atom is 0.257 e. The summed E-state index contributed by atoms with van der Waals surface area (Å²) < 4.78 is 23.8. The fourth-order valence-electron chi connectivity index (χ4n) is 1.33. The largest absolute Gasteiger partial charge is 0.257 e. The molecule has 0 aliphatic rings. The minimum Gasteiger partial charge on any atom is -0.237 e. The normalized spacial score (nSPS) is 11.1. The molecule has 0 amide bonds. The molecule has 0 saturated heterocycles. The Labute approximate surface area is 97.2 Å². The predicted molar refractivity (Wildman–Crippen MR) is 57.4 cm³/mol. The Kier molecular flexibility index (Phi) is 2.63. The van der Waals surface area contributed by atoms with E-state index in [-0.39, 0.29) is 16.4 Å². The topological polar surface area (TPSA) is 115 Å². The van der Waals surface area contributed by atoms with E-state index in [2.05, 4.69) is 10.1 Å². The van der Waals surface area contributed by atoms with E-state index in [0.29, 0.717) is 0 Å². The summed E-state index contributed by atoms with van der Waals surface area (Å²) >= 11 is 0. The molecule has 2 rings (SSSR count). The lowest BCUT2D eigenvalue weighted by molar-refractivity contribution is 0.586. The Bertz CT molecular complexity index is 684. The number of rotatable bonds is 2. The van der Waals surface area contributed by atoms with Crippen molar-refractivity contribution in [1.82, 2.24) is 14.8 Å². The molecule has 2 aromatic heterocycles. The smallest absolute Gasteiger partial charge is 0.237 e. The molecule has 0 aromatic carbocycles. The van der Waals surface area contributed by atoms with Crippen LogP contribution in [0.15, 0.2) is 35.6 Å². The lowest BCUT2D eigenvalue weighted by Crippen LogP contribution is -2.18. The Morgan fingerprint density at radius 1 is 1.41 bits per heavy atom. The maximum atomic E-state index is 11.4. The Hall–Kier alpha value is -2.24. The quantitative estimate of drug-likeness (QED) is 0.790. The molecule has 0 spiro atoms. The molecule has 0 bridgehead atoms. The minimum atomic E-state index is -4.04. The molecule has 0 unspecified atom stereocenters. The molecule has 0 aliphatic carbocycles. The number of pyridine rings is 1. The van der Waals surface area contributed by atoms with Crippen molar-refractivity contribution < 1.29 is 8.42 Å². The zero-order valence-electron chi connectivity index (χ0n) is 8.48. The lowest BCUT2D eigenvalue weighted by Gasteiger charge is -2.04. The van der Waals surface area contributed by atoms with Crippen molar-refractivity contribution >= 4 is 10.0 Å². The molecule has 2 heterocycles. The highest BCUT2D eigenvalue weighted by Crippen LogP contribution is 2.16. The van der Waals surface area contributed by atoms with Crippen molar-refractivity contribution in [3.8, 4) is 11.9 Å². The van der Waals surface area contributed by atoms with Crippen molar-refractivity contribution in [2.45, 2.75) is 5.03 Å². The summed E-state index contributed by atoms with van der Waals surface area (Å²) in [5.74, 6) is 0.276. The number of hydrogen-bond acceptors (Lipinski definition) is 5. The van der Waals surface area contributed by atoms with Crippen molar-refractivity contribution in [3.63, 3.8) is 0 Å². The molecule has 0 radical (unpaired) electrons. The summed E-state index contributed by atoms with van der Waals surface area (Å²) in [7, 11) is -4.04. The SMILES string of the molecule is N#Cc1cnn(-c2ccccn2)c1S(N)(=O)=O. The molecule has 0 fully saturated rings. The molecule has 8 heteroatoms. The molecule has 2 N–H and O–H groups in total. The van der Waals surface area contributed by atoms with Crippen LogP contribution in [0.1, 0.15) is 5.56 Å². The summed E-state index contributed by atoms with van der Waals surface area (Å²) in [6, 6.07) is 6.63. The van der Waals surface area contributed by atoms with Gasteiger partial charge in [0.05, 0.1) is 6.20 Å². The number of primary sulfonamides is 1. The first-order valence-corrected chi connectivity index (χ1v) is 6.01. The van der Waals surface area contributed by atoms with Gasteiger partial charge in [-0.25, -0.2) is 23.2 Å². The molecular weight excluding hydrogens is 242 g/mol. The van der Waals surface area contributed by atoms with Gasteiger partial charge in [-0.1, -0.05) is 6.07 Å². The van der Waals surface area contributed by atoms with Crippen LogP contribution < -0.4 is 5.14 Å². The third-order valence-electron chi connectivity index (χ3n) is 1.98. The van der Waals surface area contributed by atoms with Gasteiger partial charge in [-0.05, 0) is 12.1 Å². The molecule has 86 valence electrons. The van der Waals surface area contributed by atoms with E-state index in [1.807, 2.05) is 0 Å². The highest BCUT2D eigenvalue weighted by Gasteiger charge is 2.22. The van der Waals surface area contributed by atoms with Gasteiger partial charge in [0.2, 0.25) is 0 Å². The average molecular weight is 249 g/mol. The van der Waals surface area contributed by atoms with Gasteiger partial charge < -0.3 is 0 Å². The van der Waals surface area contributed by atoms with E-state index >= 15 is 0 Å². The van der Waals surface area contributed by atoms with Gasteiger partial charge in [0.25, 0.3) is 10.0 Å². The number of aromatic nitrogens is 3. The summed E-state index contributed by atoms with van der Waals surface area (Å²) in [4.78, 5) is 3.94. The Morgan fingerprint density at radius 3 is 2.71 bits per heavy atom. The van der Waals surface area contributed by atoms with Crippen LogP contribution in [0.5, 0.6) is 0 Å². The zero-order chi connectivity index (χ0) is 12.5. The fourth-order valence-corrected chi connectivity index (χ4v) is 2.12. The fraction of sp³-hybridized carbons (Fsp3) is 0. The van der Waals surface area contributed by atoms with Crippen LogP contribution in [0.4, 0.5) is 0 Å². The molecular formula is C9H7N5O2S. The second kappa shape index (κ2) is 3.97.